The number of fused-ring (bicyclic) bond motifs is 1. The van der Waals surface area contributed by atoms with Gasteiger partial charge in [0, 0.05) is 19.6 Å². The van der Waals surface area contributed by atoms with Crippen LogP contribution in [0.4, 0.5) is 13.2 Å². The van der Waals surface area contributed by atoms with Crippen molar-refractivity contribution < 1.29 is 13.2 Å². The van der Waals surface area contributed by atoms with Crippen LogP contribution < -0.4 is 0 Å². The molecule has 2 aliphatic rings. The van der Waals surface area contributed by atoms with E-state index in [1.165, 1.54) is 17.7 Å². The predicted molar refractivity (Wildman–Crippen MR) is 137 cm³/mol. The summed E-state index contributed by atoms with van der Waals surface area (Å²) in [5.74, 6) is -0.172. The maximum absolute atomic E-state index is 15.4. The van der Waals surface area contributed by atoms with E-state index >= 15 is 4.39 Å². The van der Waals surface area contributed by atoms with Crippen molar-refractivity contribution in [1.82, 2.24) is 4.90 Å². The highest BCUT2D eigenvalue weighted by molar-refractivity contribution is 6.32. The van der Waals surface area contributed by atoms with E-state index in [9.17, 15) is 8.78 Å². The summed E-state index contributed by atoms with van der Waals surface area (Å²) < 4.78 is 41.6. The molecule has 1 aliphatic heterocycles. The van der Waals surface area contributed by atoms with Crippen LogP contribution in [0.1, 0.15) is 47.1 Å². The molecule has 5 heteroatoms. The van der Waals surface area contributed by atoms with Crippen LogP contribution in [0.5, 0.6) is 0 Å². The van der Waals surface area contributed by atoms with Crippen molar-refractivity contribution in [2.24, 2.45) is 5.92 Å². The standard InChI is InChI=1S/C30H29ClF3N/c31-28-17-24(33)11-12-26(28)27-8-3-6-21-5-1-2-7-25(21)30(27)23-10-9-22(29(34)16-23)15-20-18-35(19-20)14-4-13-32/h1-2,5,7,9-12,16-17,20H,3-4,6,8,13-15,18-19H2. The monoisotopic (exact) mass is 495 g/mol. The largest absolute Gasteiger partial charge is 0.303 e. The van der Waals surface area contributed by atoms with Gasteiger partial charge in [0.15, 0.2) is 0 Å². The maximum atomic E-state index is 15.4. The lowest BCUT2D eigenvalue weighted by Crippen LogP contribution is -2.48. The normalized spacial score (nSPS) is 16.7. The number of halogens is 4. The third-order valence-corrected chi connectivity index (χ3v) is 7.52. The minimum atomic E-state index is -0.371. The SMILES string of the molecule is FCCCN1CC(Cc2ccc(C3=C(c4ccc(F)cc4Cl)CCCc4ccccc43)cc2F)C1. The molecule has 5 rings (SSSR count). The van der Waals surface area contributed by atoms with Gasteiger partial charge in [-0.05, 0) is 95.2 Å². The molecule has 0 unspecified atom stereocenters. The number of nitrogens with zero attached hydrogens (tertiary/aromatic N) is 1. The molecule has 3 aromatic carbocycles. The Kier molecular flexibility index (Phi) is 7.31. The average Bonchev–Trinajstić information content (AvgIpc) is 3.01. The molecule has 0 atom stereocenters. The molecular formula is C30H29ClF3N. The van der Waals surface area contributed by atoms with Crippen LogP contribution >= 0.6 is 11.6 Å². The molecule has 1 fully saturated rings. The molecule has 1 saturated heterocycles. The third kappa shape index (κ3) is 5.19. The Bertz CT molecular complexity index is 1250. The van der Waals surface area contributed by atoms with Gasteiger partial charge in [0.05, 0.1) is 11.7 Å². The quantitative estimate of drug-likeness (QED) is 0.324. The van der Waals surface area contributed by atoms with E-state index < -0.39 is 0 Å². The van der Waals surface area contributed by atoms with Crippen LogP contribution in [0.15, 0.2) is 60.7 Å². The van der Waals surface area contributed by atoms with Gasteiger partial charge in [-0.25, -0.2) is 8.78 Å². The van der Waals surface area contributed by atoms with E-state index in [4.69, 9.17) is 11.6 Å². The molecule has 0 amide bonds. The molecule has 182 valence electrons. The number of hydrogen-bond donors (Lipinski definition) is 0. The molecule has 3 aromatic rings. The van der Waals surface area contributed by atoms with Crippen molar-refractivity contribution in [2.75, 3.05) is 26.3 Å². The van der Waals surface area contributed by atoms with Gasteiger partial charge in [-0.3, -0.25) is 4.39 Å². The first-order chi connectivity index (χ1) is 17.0. The number of aryl methyl sites for hydroxylation is 1. The fourth-order valence-electron chi connectivity index (χ4n) is 5.51. The van der Waals surface area contributed by atoms with Gasteiger partial charge in [0.2, 0.25) is 0 Å². The third-order valence-electron chi connectivity index (χ3n) is 7.21. The van der Waals surface area contributed by atoms with Gasteiger partial charge < -0.3 is 4.90 Å². The molecule has 1 heterocycles. The number of rotatable bonds is 7. The number of likely N-dealkylation sites (tertiary alicyclic amines) is 1. The summed E-state index contributed by atoms with van der Waals surface area (Å²) in [6, 6.07) is 18.3. The highest BCUT2D eigenvalue weighted by Crippen LogP contribution is 2.42. The summed E-state index contributed by atoms with van der Waals surface area (Å²) in [5.41, 5.74) is 6.62. The number of allylic oxidation sites excluding steroid dienone is 1. The average molecular weight is 496 g/mol. The molecular weight excluding hydrogens is 467 g/mol. The lowest BCUT2D eigenvalue weighted by atomic mass is 9.86. The topological polar surface area (TPSA) is 3.24 Å². The van der Waals surface area contributed by atoms with Crippen molar-refractivity contribution in [3.8, 4) is 0 Å². The first-order valence-electron chi connectivity index (χ1n) is 12.4. The summed E-state index contributed by atoms with van der Waals surface area (Å²) >= 11 is 6.50. The van der Waals surface area contributed by atoms with Crippen LogP contribution in [0.3, 0.4) is 0 Å². The fraction of sp³-hybridized carbons (Fsp3) is 0.333. The van der Waals surface area contributed by atoms with Crippen molar-refractivity contribution in [2.45, 2.75) is 32.1 Å². The van der Waals surface area contributed by atoms with Gasteiger partial charge in [-0.2, -0.15) is 0 Å². The minimum absolute atomic E-state index is 0.205. The van der Waals surface area contributed by atoms with Crippen molar-refractivity contribution in [1.29, 1.82) is 0 Å². The first-order valence-corrected chi connectivity index (χ1v) is 12.7. The van der Waals surface area contributed by atoms with Gasteiger partial charge in [-0.15, -0.1) is 0 Å². The van der Waals surface area contributed by atoms with Crippen LogP contribution in [0.25, 0.3) is 11.1 Å². The zero-order valence-corrected chi connectivity index (χ0v) is 20.4. The zero-order chi connectivity index (χ0) is 24.4. The smallest absolute Gasteiger partial charge is 0.127 e. The Morgan fingerprint density at radius 1 is 0.914 bits per heavy atom. The van der Waals surface area contributed by atoms with Crippen LogP contribution in [-0.4, -0.2) is 31.2 Å². The molecule has 0 N–H and O–H groups in total. The van der Waals surface area contributed by atoms with Crippen LogP contribution in [-0.2, 0) is 12.8 Å². The Balaban J connectivity index is 1.51. The summed E-state index contributed by atoms with van der Waals surface area (Å²) in [6.45, 7) is 2.28. The van der Waals surface area contributed by atoms with Crippen LogP contribution in [0.2, 0.25) is 5.02 Å². The number of alkyl halides is 1. The van der Waals surface area contributed by atoms with Crippen molar-refractivity contribution in [3.05, 3.63) is 105 Å². The molecule has 1 nitrogen and oxygen atoms in total. The summed E-state index contributed by atoms with van der Waals surface area (Å²) in [7, 11) is 0. The molecule has 35 heavy (non-hydrogen) atoms. The second-order valence-corrected chi connectivity index (χ2v) is 10.1. The highest BCUT2D eigenvalue weighted by atomic mass is 35.5. The maximum Gasteiger partial charge on any atom is 0.127 e. The highest BCUT2D eigenvalue weighted by Gasteiger charge is 2.27. The van der Waals surface area contributed by atoms with E-state index in [1.807, 2.05) is 24.3 Å². The number of benzene rings is 3. The second-order valence-electron chi connectivity index (χ2n) is 9.67. The summed E-state index contributed by atoms with van der Waals surface area (Å²) in [4.78, 5) is 2.22. The fourth-order valence-corrected chi connectivity index (χ4v) is 5.79. The Labute approximate surface area is 210 Å². The Hall–Kier alpha value is -2.56. The van der Waals surface area contributed by atoms with Crippen molar-refractivity contribution >= 4 is 22.7 Å². The van der Waals surface area contributed by atoms with Gasteiger partial charge in [-0.1, -0.05) is 54.1 Å². The summed E-state index contributed by atoms with van der Waals surface area (Å²) in [5, 5.41) is 0.372. The van der Waals surface area contributed by atoms with Crippen molar-refractivity contribution in [3.63, 3.8) is 0 Å². The molecule has 0 bridgehead atoms. The Morgan fingerprint density at radius 2 is 1.74 bits per heavy atom. The van der Waals surface area contributed by atoms with Crippen LogP contribution in [0, 0.1) is 17.6 Å². The molecule has 0 radical (unpaired) electrons. The predicted octanol–water partition coefficient (Wildman–Crippen LogP) is 7.75. The van der Waals surface area contributed by atoms with E-state index in [-0.39, 0.29) is 18.3 Å². The molecule has 0 aromatic heterocycles. The number of hydrogen-bond acceptors (Lipinski definition) is 1. The lowest BCUT2D eigenvalue weighted by molar-refractivity contribution is 0.0962. The summed E-state index contributed by atoms with van der Waals surface area (Å²) in [6.07, 6.45) is 3.88. The first kappa shape index (κ1) is 24.1. The second kappa shape index (κ2) is 10.6. The van der Waals surface area contributed by atoms with Gasteiger partial charge >= 0.3 is 0 Å². The van der Waals surface area contributed by atoms with E-state index in [1.54, 1.807) is 12.1 Å². The van der Waals surface area contributed by atoms with E-state index in [0.717, 1.165) is 66.7 Å². The molecule has 0 saturated carbocycles. The van der Waals surface area contributed by atoms with E-state index in [0.29, 0.717) is 29.3 Å². The molecule has 0 spiro atoms. The van der Waals surface area contributed by atoms with Gasteiger partial charge in [0.25, 0.3) is 0 Å². The van der Waals surface area contributed by atoms with E-state index in [2.05, 4.69) is 17.0 Å². The minimum Gasteiger partial charge on any atom is -0.303 e. The lowest BCUT2D eigenvalue weighted by Gasteiger charge is -2.39. The molecule has 1 aliphatic carbocycles. The van der Waals surface area contributed by atoms with Gasteiger partial charge in [0.1, 0.15) is 11.6 Å². The Morgan fingerprint density at radius 3 is 2.51 bits per heavy atom. The zero-order valence-electron chi connectivity index (χ0n) is 19.7.